The van der Waals surface area contributed by atoms with Gasteiger partial charge in [0.1, 0.15) is 12.1 Å². The smallest absolute Gasteiger partial charge is 0.280 e. The van der Waals surface area contributed by atoms with Crippen LogP contribution in [0, 0.1) is 5.92 Å². The van der Waals surface area contributed by atoms with Gasteiger partial charge in [0.05, 0.1) is 12.2 Å². The van der Waals surface area contributed by atoms with Gasteiger partial charge in [-0.25, -0.2) is 0 Å². The fourth-order valence-corrected chi connectivity index (χ4v) is 8.12. The largest absolute Gasteiger partial charge is 0.361 e. The highest BCUT2D eigenvalue weighted by Crippen LogP contribution is 2.46. The average Bonchev–Trinajstić information content (AvgIpc) is 3.73. The summed E-state index contributed by atoms with van der Waals surface area (Å²) in [6, 6.07) is 14.1. The Morgan fingerprint density at radius 1 is 1.15 bits per heavy atom. The molecular formula is C34H39N5O8S. The molecule has 1 aromatic heterocycles. The molecule has 14 heteroatoms. The monoisotopic (exact) mass is 677 g/mol. The highest BCUT2D eigenvalue weighted by atomic mass is 32.2. The third-order valence-corrected chi connectivity index (χ3v) is 10.1. The van der Waals surface area contributed by atoms with Crippen LogP contribution in [0.5, 0.6) is 0 Å². The molecule has 0 bridgehead atoms. The molecule has 3 fully saturated rings. The number of aliphatic hydroxyl groups is 1. The average molecular weight is 678 g/mol. The molecular weight excluding hydrogens is 638 g/mol. The maximum absolute atomic E-state index is 14.2. The van der Waals surface area contributed by atoms with E-state index in [0.717, 1.165) is 28.6 Å². The first kappa shape index (κ1) is 32.5. The van der Waals surface area contributed by atoms with Gasteiger partial charge in [-0.2, -0.15) is 8.42 Å². The van der Waals surface area contributed by atoms with Crippen LogP contribution < -0.4 is 5.32 Å². The van der Waals surface area contributed by atoms with E-state index in [2.05, 4.69) is 33.5 Å². The van der Waals surface area contributed by atoms with Crippen molar-refractivity contribution >= 4 is 44.3 Å². The molecule has 3 amide bonds. The van der Waals surface area contributed by atoms with Gasteiger partial charge in [0, 0.05) is 42.7 Å². The van der Waals surface area contributed by atoms with Gasteiger partial charge in [0.2, 0.25) is 17.5 Å². The highest BCUT2D eigenvalue weighted by Gasteiger charge is 2.70. The zero-order valence-electron chi connectivity index (χ0n) is 26.9. The van der Waals surface area contributed by atoms with Gasteiger partial charge in [-0.3, -0.25) is 33.5 Å². The van der Waals surface area contributed by atoms with Crippen molar-refractivity contribution in [3.8, 4) is 0 Å². The number of likely N-dealkylation sites (N-methyl/N-ethyl adjacent to an activating group) is 1. The van der Waals surface area contributed by atoms with Crippen molar-refractivity contribution in [3.05, 3.63) is 77.5 Å². The van der Waals surface area contributed by atoms with E-state index >= 15 is 0 Å². The van der Waals surface area contributed by atoms with Crippen molar-refractivity contribution in [3.63, 3.8) is 0 Å². The van der Waals surface area contributed by atoms with Crippen LogP contribution in [0.1, 0.15) is 36.5 Å². The van der Waals surface area contributed by atoms with Crippen LogP contribution in [-0.2, 0) is 42.1 Å². The lowest BCUT2D eigenvalue weighted by Gasteiger charge is -2.48. The summed E-state index contributed by atoms with van der Waals surface area (Å²) in [5.41, 5.74) is 3.58. The molecule has 3 saturated heterocycles. The summed E-state index contributed by atoms with van der Waals surface area (Å²) in [5, 5.41) is 16.1. The lowest BCUT2D eigenvalue weighted by Crippen LogP contribution is -2.71. The molecule has 0 saturated carbocycles. The SMILES string of the molecule is CN1C[C@H](C(=O)N[C@]2(C)O[C@@]3(O)[C@@H]4CCCN4C(=O)[C@H](Cc4ccccc4)N3C2=O)C=C2c3cccc4[nH]cc(c34)C[C@H]21.CS(=O)(=O)O. The van der Waals surface area contributed by atoms with Crippen molar-refractivity contribution in [1.29, 1.82) is 0 Å². The number of piperazine rings is 1. The molecule has 254 valence electrons. The number of nitrogens with zero attached hydrogens (tertiary/aromatic N) is 3. The molecule has 3 aromatic rings. The predicted molar refractivity (Wildman–Crippen MR) is 175 cm³/mol. The minimum Gasteiger partial charge on any atom is -0.361 e. The van der Waals surface area contributed by atoms with Crippen LogP contribution in [0.4, 0.5) is 0 Å². The number of aromatic amines is 1. The number of carbonyl (C=O) groups is 3. The number of hydrogen-bond donors (Lipinski definition) is 4. The molecule has 0 spiro atoms. The standard InChI is InChI=1S/C33H35N5O5.CH4O3S/c1-32(35-29(39)21-15-23-22-10-6-11-24-28(22)20(17-34-24)16-25(23)36(2)18-21)31(41)38-26(14-19-8-4-3-5-9-19)30(40)37-13-7-12-27(37)33(38,42)43-32;1-5(2,3)4/h3-6,8-11,15,17,21,25-27,34,42H,7,12-14,16,18H2,1-2H3,(H,35,39);1H3,(H,2,3,4)/t21-,25-,26+,27+,32-,33+;/m1./s1. The van der Waals surface area contributed by atoms with Gasteiger partial charge in [0.25, 0.3) is 21.9 Å². The van der Waals surface area contributed by atoms with Crippen molar-refractivity contribution in [1.82, 2.24) is 25.0 Å². The fourth-order valence-electron chi connectivity index (χ4n) is 8.12. The molecule has 13 nitrogen and oxygen atoms in total. The number of carbonyl (C=O) groups excluding carboxylic acids is 3. The Morgan fingerprint density at radius 3 is 2.60 bits per heavy atom. The number of H-pyrrole nitrogens is 1. The van der Waals surface area contributed by atoms with Gasteiger partial charge < -0.3 is 20.3 Å². The lowest BCUT2D eigenvalue weighted by molar-refractivity contribution is -0.315. The van der Waals surface area contributed by atoms with E-state index in [1.807, 2.05) is 49.5 Å². The maximum Gasteiger partial charge on any atom is 0.280 e. The van der Waals surface area contributed by atoms with E-state index in [-0.39, 0.29) is 24.3 Å². The van der Waals surface area contributed by atoms with Gasteiger partial charge in [-0.1, -0.05) is 48.5 Å². The van der Waals surface area contributed by atoms with Gasteiger partial charge in [-0.15, -0.1) is 0 Å². The normalized spacial score (nSPS) is 31.1. The molecule has 1 aliphatic carbocycles. The second kappa shape index (κ2) is 11.5. The van der Waals surface area contributed by atoms with Crippen LogP contribution in [0.2, 0.25) is 0 Å². The Morgan fingerprint density at radius 2 is 1.88 bits per heavy atom. The van der Waals surface area contributed by atoms with Crippen LogP contribution in [0.3, 0.4) is 0 Å². The maximum atomic E-state index is 14.2. The summed E-state index contributed by atoms with van der Waals surface area (Å²) < 4.78 is 32.1. The Hall–Kier alpha value is -4.08. The first-order valence-corrected chi connectivity index (χ1v) is 17.9. The molecule has 48 heavy (non-hydrogen) atoms. The van der Waals surface area contributed by atoms with Crippen LogP contribution in [-0.4, -0.2) is 112 Å². The molecule has 4 N–H and O–H groups in total. The molecule has 6 atom stereocenters. The Balaban J connectivity index is 0.000000681. The number of rotatable bonds is 4. The third-order valence-electron chi connectivity index (χ3n) is 10.1. The lowest BCUT2D eigenvalue weighted by atomic mass is 9.79. The summed E-state index contributed by atoms with van der Waals surface area (Å²) in [6.45, 7) is 2.45. The number of fused-ring (bicyclic) bond motifs is 5. The third kappa shape index (κ3) is 5.41. The number of ether oxygens (including phenoxy) is 1. The van der Waals surface area contributed by atoms with Gasteiger partial charge in [0.15, 0.2) is 0 Å². The number of aromatic nitrogens is 1. The summed E-state index contributed by atoms with van der Waals surface area (Å²) in [4.78, 5) is 50.2. The van der Waals surface area contributed by atoms with Crippen molar-refractivity contribution in [2.75, 3.05) is 26.4 Å². The van der Waals surface area contributed by atoms with E-state index in [4.69, 9.17) is 9.29 Å². The van der Waals surface area contributed by atoms with E-state index in [1.165, 1.54) is 22.8 Å². The first-order valence-electron chi connectivity index (χ1n) is 16.0. The molecule has 0 radical (unpaired) electrons. The topological polar surface area (TPSA) is 173 Å². The van der Waals surface area contributed by atoms with Gasteiger partial charge in [-0.05, 0) is 61.6 Å². The molecule has 5 aliphatic rings. The summed E-state index contributed by atoms with van der Waals surface area (Å²) in [7, 11) is -1.65. The predicted octanol–water partition coefficient (Wildman–Crippen LogP) is 1.49. The number of benzene rings is 2. The second-order valence-electron chi connectivity index (χ2n) is 13.5. The second-order valence-corrected chi connectivity index (χ2v) is 15.0. The summed E-state index contributed by atoms with van der Waals surface area (Å²) in [5.74, 6) is -3.77. The zero-order valence-corrected chi connectivity index (χ0v) is 27.7. The van der Waals surface area contributed by atoms with Crippen molar-refractivity contribution in [2.45, 2.75) is 62.4 Å². The minimum absolute atomic E-state index is 0.144. The van der Waals surface area contributed by atoms with Crippen molar-refractivity contribution in [2.24, 2.45) is 5.92 Å². The Labute approximate surface area is 278 Å². The number of nitrogens with one attached hydrogen (secondary N) is 2. The molecule has 5 heterocycles. The Bertz CT molecular complexity index is 1940. The van der Waals surface area contributed by atoms with E-state index in [0.29, 0.717) is 32.2 Å². The van der Waals surface area contributed by atoms with E-state index in [1.54, 1.807) is 4.90 Å². The quantitative estimate of drug-likeness (QED) is 0.299. The van der Waals surface area contributed by atoms with E-state index < -0.39 is 45.7 Å². The van der Waals surface area contributed by atoms with Crippen molar-refractivity contribution < 1.29 is 37.2 Å². The molecule has 8 rings (SSSR count). The van der Waals surface area contributed by atoms with Gasteiger partial charge >= 0.3 is 0 Å². The Kier molecular flexibility index (Phi) is 7.79. The zero-order chi connectivity index (χ0) is 34.2. The van der Waals surface area contributed by atoms with Crippen LogP contribution >= 0.6 is 0 Å². The fraction of sp³-hybridized carbons (Fsp3) is 0.441. The summed E-state index contributed by atoms with van der Waals surface area (Å²) >= 11 is 0. The molecule has 4 aliphatic heterocycles. The number of amides is 3. The first-order chi connectivity index (χ1) is 22.7. The molecule has 0 unspecified atom stereocenters. The molecule has 2 aromatic carbocycles. The van der Waals surface area contributed by atoms with E-state index in [9.17, 15) is 27.9 Å². The van der Waals surface area contributed by atoms with Crippen LogP contribution in [0.15, 0.2) is 60.8 Å². The number of hydrogen-bond acceptors (Lipinski definition) is 8. The summed E-state index contributed by atoms with van der Waals surface area (Å²) in [6.07, 6.45) is 7.10. The van der Waals surface area contributed by atoms with Crippen LogP contribution in [0.25, 0.3) is 16.5 Å². The highest BCUT2D eigenvalue weighted by molar-refractivity contribution is 7.85. The minimum atomic E-state index is -3.67.